The highest BCUT2D eigenvalue weighted by Gasteiger charge is 2.19. The molecule has 1 N–H and O–H groups in total. The quantitative estimate of drug-likeness (QED) is 0.611. The molecule has 0 aliphatic rings. The Morgan fingerprint density at radius 3 is 2.47 bits per heavy atom. The molecule has 5 heteroatoms. The van der Waals surface area contributed by atoms with Crippen LogP contribution < -0.4 is 5.46 Å². The van der Waals surface area contributed by atoms with Gasteiger partial charge in [0.25, 0.3) is 0 Å². The molecule has 0 radical (unpaired) electrons. The molecule has 1 unspecified atom stereocenters. The molecule has 1 atom stereocenters. The van der Waals surface area contributed by atoms with Crippen LogP contribution in [0.15, 0.2) is 24.3 Å². The largest absolute Gasteiger partial charge is 0.491 e. The molecule has 0 heterocycles. The third-order valence-electron chi connectivity index (χ3n) is 2.55. The SMILES string of the molecule is CCC(C)OB(O)c1ccc(C(=O)OC)cc1. The maximum atomic E-state index is 11.2. The third-order valence-corrected chi connectivity index (χ3v) is 2.55. The van der Waals surface area contributed by atoms with Crippen LogP contribution in [-0.4, -0.2) is 31.3 Å². The van der Waals surface area contributed by atoms with Gasteiger partial charge >= 0.3 is 13.1 Å². The maximum Gasteiger partial charge on any atom is 0.491 e. The number of carbonyl (C=O) groups is 1. The second-order valence-corrected chi connectivity index (χ2v) is 3.82. The molecule has 1 aromatic rings. The van der Waals surface area contributed by atoms with Crippen LogP contribution >= 0.6 is 0 Å². The molecular formula is C12H17BO4. The van der Waals surface area contributed by atoms with Crippen molar-refractivity contribution in [3.05, 3.63) is 29.8 Å². The standard InChI is InChI=1S/C12H17BO4/c1-4-9(2)17-13(15)11-7-5-10(6-8-11)12(14)16-3/h5-9,15H,4H2,1-3H3. The summed E-state index contributed by atoms with van der Waals surface area (Å²) in [5.74, 6) is -0.395. The van der Waals surface area contributed by atoms with Gasteiger partial charge in [0, 0.05) is 6.10 Å². The predicted molar refractivity (Wildman–Crippen MR) is 66.2 cm³/mol. The second-order valence-electron chi connectivity index (χ2n) is 3.82. The zero-order valence-corrected chi connectivity index (χ0v) is 10.3. The van der Waals surface area contributed by atoms with Crippen molar-refractivity contribution >= 4 is 18.6 Å². The summed E-state index contributed by atoms with van der Waals surface area (Å²) >= 11 is 0. The van der Waals surface area contributed by atoms with Gasteiger partial charge in [-0.3, -0.25) is 0 Å². The van der Waals surface area contributed by atoms with Crippen LogP contribution in [0.5, 0.6) is 0 Å². The van der Waals surface area contributed by atoms with Crippen molar-refractivity contribution in [3.63, 3.8) is 0 Å². The first kappa shape index (κ1) is 13.7. The second kappa shape index (κ2) is 6.42. The molecule has 0 aromatic heterocycles. The average molecular weight is 236 g/mol. The average Bonchev–Trinajstić information content (AvgIpc) is 2.37. The van der Waals surface area contributed by atoms with Gasteiger partial charge in [0.15, 0.2) is 0 Å². The minimum Gasteiger partial charge on any atom is -0.465 e. The molecule has 17 heavy (non-hydrogen) atoms. The summed E-state index contributed by atoms with van der Waals surface area (Å²) in [6.45, 7) is 3.88. The van der Waals surface area contributed by atoms with Crippen molar-refractivity contribution in [1.82, 2.24) is 0 Å². The summed E-state index contributed by atoms with van der Waals surface area (Å²) in [6, 6.07) is 6.51. The van der Waals surface area contributed by atoms with Crippen LogP contribution in [0.4, 0.5) is 0 Å². The van der Waals surface area contributed by atoms with E-state index < -0.39 is 13.1 Å². The smallest absolute Gasteiger partial charge is 0.465 e. The lowest BCUT2D eigenvalue weighted by atomic mass is 9.79. The van der Waals surface area contributed by atoms with Crippen molar-refractivity contribution in [2.24, 2.45) is 0 Å². The fourth-order valence-corrected chi connectivity index (χ4v) is 1.30. The van der Waals surface area contributed by atoms with E-state index in [1.165, 1.54) is 7.11 Å². The summed E-state index contributed by atoms with van der Waals surface area (Å²) in [5.41, 5.74) is 1.07. The van der Waals surface area contributed by atoms with Crippen LogP contribution in [0, 0.1) is 0 Å². The fourth-order valence-electron chi connectivity index (χ4n) is 1.30. The van der Waals surface area contributed by atoms with E-state index in [0.717, 1.165) is 6.42 Å². The fraction of sp³-hybridized carbons (Fsp3) is 0.417. The van der Waals surface area contributed by atoms with Crippen LogP contribution in [-0.2, 0) is 9.39 Å². The Morgan fingerprint density at radius 1 is 1.41 bits per heavy atom. The molecule has 1 aromatic carbocycles. The van der Waals surface area contributed by atoms with E-state index in [1.807, 2.05) is 13.8 Å². The van der Waals surface area contributed by atoms with Crippen LogP contribution in [0.1, 0.15) is 30.6 Å². The third kappa shape index (κ3) is 3.87. The number of benzene rings is 1. The highest BCUT2D eigenvalue weighted by Crippen LogP contribution is 2.02. The predicted octanol–water partition coefficient (Wildman–Crippen LogP) is 0.976. The Balaban J connectivity index is 2.70. The van der Waals surface area contributed by atoms with Crippen LogP contribution in [0.2, 0.25) is 0 Å². The molecule has 4 nitrogen and oxygen atoms in total. The minimum absolute atomic E-state index is 0.00900. The molecule has 92 valence electrons. The Kier molecular flexibility index (Phi) is 5.19. The van der Waals surface area contributed by atoms with E-state index in [1.54, 1.807) is 24.3 Å². The van der Waals surface area contributed by atoms with Crippen molar-refractivity contribution in [1.29, 1.82) is 0 Å². The molecule has 0 saturated heterocycles. The van der Waals surface area contributed by atoms with Crippen LogP contribution in [0.25, 0.3) is 0 Å². The maximum absolute atomic E-state index is 11.2. The van der Waals surface area contributed by atoms with E-state index >= 15 is 0 Å². The Morgan fingerprint density at radius 2 is 2.00 bits per heavy atom. The van der Waals surface area contributed by atoms with Gasteiger partial charge in [-0.25, -0.2) is 4.79 Å². The Bertz CT molecular complexity index is 363. The molecular weight excluding hydrogens is 219 g/mol. The van der Waals surface area contributed by atoms with Gasteiger partial charge < -0.3 is 14.4 Å². The van der Waals surface area contributed by atoms with Gasteiger partial charge in [0.1, 0.15) is 0 Å². The van der Waals surface area contributed by atoms with Crippen molar-refractivity contribution in [2.75, 3.05) is 7.11 Å². The number of esters is 1. The molecule has 0 spiro atoms. The zero-order chi connectivity index (χ0) is 12.8. The summed E-state index contributed by atoms with van der Waals surface area (Å²) in [5, 5.41) is 9.77. The van der Waals surface area contributed by atoms with Gasteiger partial charge in [-0.2, -0.15) is 0 Å². The first-order chi connectivity index (χ1) is 8.08. The van der Waals surface area contributed by atoms with E-state index in [9.17, 15) is 9.82 Å². The number of hydrogen-bond donors (Lipinski definition) is 1. The van der Waals surface area contributed by atoms with Crippen LogP contribution in [0.3, 0.4) is 0 Å². The lowest BCUT2D eigenvalue weighted by Crippen LogP contribution is -2.36. The first-order valence-corrected chi connectivity index (χ1v) is 5.60. The zero-order valence-electron chi connectivity index (χ0n) is 10.3. The van der Waals surface area contributed by atoms with Gasteiger partial charge in [-0.05, 0) is 30.9 Å². The molecule has 0 amide bonds. The van der Waals surface area contributed by atoms with E-state index in [2.05, 4.69) is 4.74 Å². The van der Waals surface area contributed by atoms with Gasteiger partial charge in [-0.15, -0.1) is 0 Å². The molecule has 0 aliphatic carbocycles. The molecule has 0 bridgehead atoms. The lowest BCUT2D eigenvalue weighted by molar-refractivity contribution is 0.0600. The van der Waals surface area contributed by atoms with Gasteiger partial charge in [0.2, 0.25) is 0 Å². The van der Waals surface area contributed by atoms with Crippen molar-refractivity contribution < 1.29 is 19.2 Å². The topological polar surface area (TPSA) is 55.8 Å². The normalized spacial score (nSPS) is 12.0. The number of methoxy groups -OCH3 is 1. The number of carbonyl (C=O) groups excluding carboxylic acids is 1. The minimum atomic E-state index is -0.961. The van der Waals surface area contributed by atoms with E-state index in [0.29, 0.717) is 11.0 Å². The highest BCUT2D eigenvalue weighted by atomic mass is 16.5. The Hall–Kier alpha value is -1.33. The summed E-state index contributed by atoms with van der Waals surface area (Å²) in [4.78, 5) is 11.2. The van der Waals surface area contributed by atoms with E-state index in [4.69, 9.17) is 4.65 Å². The monoisotopic (exact) mass is 236 g/mol. The van der Waals surface area contributed by atoms with Gasteiger partial charge in [0.05, 0.1) is 12.7 Å². The summed E-state index contributed by atoms with van der Waals surface area (Å²) in [6.07, 6.45) is 0.822. The Labute approximate surface area is 102 Å². The van der Waals surface area contributed by atoms with Gasteiger partial charge in [-0.1, -0.05) is 19.1 Å². The lowest BCUT2D eigenvalue weighted by Gasteiger charge is -2.14. The number of hydrogen-bond acceptors (Lipinski definition) is 4. The summed E-state index contributed by atoms with van der Waals surface area (Å²) < 4.78 is 9.94. The molecule has 0 aliphatic heterocycles. The molecule has 0 fully saturated rings. The number of rotatable bonds is 5. The summed E-state index contributed by atoms with van der Waals surface area (Å²) in [7, 11) is 0.369. The molecule has 1 rings (SSSR count). The van der Waals surface area contributed by atoms with E-state index in [-0.39, 0.29) is 6.10 Å². The van der Waals surface area contributed by atoms with Crippen molar-refractivity contribution in [2.45, 2.75) is 26.4 Å². The highest BCUT2D eigenvalue weighted by molar-refractivity contribution is 6.60. The van der Waals surface area contributed by atoms with Crippen molar-refractivity contribution in [3.8, 4) is 0 Å². The molecule has 0 saturated carbocycles. The first-order valence-electron chi connectivity index (χ1n) is 5.60. The number of ether oxygens (including phenoxy) is 1.